The van der Waals surface area contributed by atoms with Gasteiger partial charge in [-0.15, -0.1) is 0 Å². The normalized spacial score (nSPS) is 11.7. The number of rotatable bonds is 4. The van der Waals surface area contributed by atoms with Crippen LogP contribution in [0.15, 0.2) is 60.8 Å². The van der Waals surface area contributed by atoms with Crippen LogP contribution in [0.3, 0.4) is 0 Å². The van der Waals surface area contributed by atoms with Crippen molar-refractivity contribution in [3.63, 3.8) is 0 Å². The number of hydrogen-bond donors (Lipinski definition) is 3. The quantitative estimate of drug-likeness (QED) is 0.524. The van der Waals surface area contributed by atoms with E-state index in [-0.39, 0.29) is 14.9 Å². The molecule has 4 N–H and O–H groups in total. The van der Waals surface area contributed by atoms with E-state index in [9.17, 15) is 9.59 Å². The molecule has 0 saturated carbocycles. The number of hydrogen-bond acceptors (Lipinski definition) is 4. The van der Waals surface area contributed by atoms with Gasteiger partial charge in [0, 0.05) is 17.3 Å². The fourth-order valence-corrected chi connectivity index (χ4v) is 2.43. The molecule has 6 nitrogen and oxygen atoms in total. The van der Waals surface area contributed by atoms with Crippen molar-refractivity contribution in [2.45, 2.75) is 40.5 Å². The van der Waals surface area contributed by atoms with Crippen LogP contribution in [0, 0.1) is 0 Å². The third-order valence-electron chi connectivity index (χ3n) is 4.30. The van der Waals surface area contributed by atoms with E-state index in [2.05, 4.69) is 4.98 Å². The second-order valence-corrected chi connectivity index (χ2v) is 6.24. The maximum atomic E-state index is 10.8. The summed E-state index contributed by atoms with van der Waals surface area (Å²) in [7, 11) is 0. The van der Waals surface area contributed by atoms with Crippen molar-refractivity contribution < 1.29 is 19.8 Å². The Morgan fingerprint density at radius 3 is 1.93 bits per heavy atom. The summed E-state index contributed by atoms with van der Waals surface area (Å²) in [5, 5.41) is 18.5. The Hall–Kier alpha value is -3.41. The van der Waals surface area contributed by atoms with Crippen LogP contribution in [-0.2, 0) is 9.59 Å². The molecule has 0 bridgehead atoms. The van der Waals surface area contributed by atoms with E-state index in [4.69, 9.17) is 15.9 Å². The van der Waals surface area contributed by atoms with Crippen LogP contribution < -0.4 is 5.73 Å². The van der Waals surface area contributed by atoms with Crippen LogP contribution in [0.4, 0.5) is 5.69 Å². The second kappa shape index (κ2) is 11.4. The first-order valence-electron chi connectivity index (χ1n) is 8.45. The highest BCUT2D eigenvalue weighted by Gasteiger charge is 2.13. The Balaban J connectivity index is 0.000000518. The average Bonchev–Trinajstić information content (AvgIpc) is 2.67. The molecule has 3 rings (SSSR count). The van der Waals surface area contributed by atoms with Gasteiger partial charge in [-0.1, -0.05) is 39.1 Å². The summed E-state index contributed by atoms with van der Waals surface area (Å²) in [4.78, 5) is 25.6. The molecule has 0 fully saturated rings. The minimum atomic E-state index is -0.820. The van der Waals surface area contributed by atoms with Gasteiger partial charge in [0.05, 0.1) is 17.4 Å². The van der Waals surface area contributed by atoms with Crippen LogP contribution in [0.2, 0.25) is 0 Å². The number of carboxylic acid groups (broad SMARTS) is 2. The topological polar surface area (TPSA) is 114 Å². The summed E-state index contributed by atoms with van der Waals surface area (Å²) < 4.78 is 0. The van der Waals surface area contributed by atoms with Gasteiger partial charge in [-0.25, -0.2) is 0 Å². The van der Waals surface area contributed by atoms with Gasteiger partial charge in [-0.3, -0.25) is 14.6 Å². The molecule has 0 aliphatic carbocycles. The van der Waals surface area contributed by atoms with Crippen molar-refractivity contribution >= 4 is 28.5 Å². The molecule has 0 radical (unpaired) electrons. The summed E-state index contributed by atoms with van der Waals surface area (Å²) in [5.41, 5.74) is 8.58. The lowest BCUT2D eigenvalue weighted by Crippen LogP contribution is -2.07. The fourth-order valence-electron chi connectivity index (χ4n) is 2.43. The number of aliphatic carboxylic acids is 2. The predicted molar refractivity (Wildman–Crippen MR) is 118 cm³/mol. The molecule has 1 aromatic heterocycles. The van der Waals surface area contributed by atoms with Crippen LogP contribution >= 0.6 is 0 Å². The van der Waals surface area contributed by atoms with Crippen LogP contribution in [0.1, 0.15) is 51.7 Å². The van der Waals surface area contributed by atoms with Gasteiger partial charge in [0.15, 0.2) is 0 Å². The Morgan fingerprint density at radius 1 is 0.862 bits per heavy atom. The van der Waals surface area contributed by atoms with Crippen molar-refractivity contribution in [3.05, 3.63) is 71.9 Å². The SMILES string of the molecule is C.C.CC(C(=O)O)c1ccc(N)cc1.CC(C(=O)O)c1ccc2ncccc2c1. The molecule has 6 heteroatoms. The molecule has 156 valence electrons. The maximum Gasteiger partial charge on any atom is 0.310 e. The van der Waals surface area contributed by atoms with Gasteiger partial charge in [0.25, 0.3) is 0 Å². The first-order valence-corrected chi connectivity index (χ1v) is 8.45. The molecule has 0 spiro atoms. The molecule has 29 heavy (non-hydrogen) atoms. The van der Waals surface area contributed by atoms with Gasteiger partial charge in [-0.2, -0.15) is 0 Å². The number of carboxylic acids is 2. The number of aromatic nitrogens is 1. The lowest BCUT2D eigenvalue weighted by atomic mass is 10.00. The molecule has 0 aliphatic rings. The van der Waals surface area contributed by atoms with E-state index in [0.29, 0.717) is 5.69 Å². The van der Waals surface area contributed by atoms with Crippen molar-refractivity contribution in [2.75, 3.05) is 5.73 Å². The highest BCUT2D eigenvalue weighted by Crippen LogP contribution is 2.20. The lowest BCUT2D eigenvalue weighted by Gasteiger charge is -2.07. The van der Waals surface area contributed by atoms with Crippen molar-refractivity contribution in [1.82, 2.24) is 4.98 Å². The van der Waals surface area contributed by atoms with Crippen LogP contribution in [-0.4, -0.2) is 27.1 Å². The number of nitrogen functional groups attached to an aromatic ring is 1. The first kappa shape index (κ1) is 25.6. The molecule has 2 atom stereocenters. The van der Waals surface area contributed by atoms with Crippen LogP contribution in [0.25, 0.3) is 10.9 Å². The molecule has 1 heterocycles. The predicted octanol–water partition coefficient (Wildman–Crippen LogP) is 5.15. The van der Waals surface area contributed by atoms with E-state index < -0.39 is 23.8 Å². The molecular weight excluding hydrogens is 368 g/mol. The zero-order chi connectivity index (χ0) is 20.0. The number of anilines is 1. The van der Waals surface area contributed by atoms with Crippen molar-refractivity contribution in [3.8, 4) is 0 Å². The third kappa shape index (κ3) is 6.92. The number of carbonyl (C=O) groups is 2. The minimum Gasteiger partial charge on any atom is -0.481 e. The zero-order valence-corrected chi connectivity index (χ0v) is 15.2. The summed E-state index contributed by atoms with van der Waals surface area (Å²) in [6, 6.07) is 16.2. The van der Waals surface area contributed by atoms with Gasteiger partial charge in [0.1, 0.15) is 0 Å². The molecule has 2 unspecified atom stereocenters. The van der Waals surface area contributed by atoms with Crippen LogP contribution in [0.5, 0.6) is 0 Å². The smallest absolute Gasteiger partial charge is 0.310 e. The summed E-state index contributed by atoms with van der Waals surface area (Å²) in [6.07, 6.45) is 1.72. The van der Waals surface area contributed by atoms with E-state index in [0.717, 1.165) is 22.0 Å². The molecule has 0 saturated heterocycles. The molecular formula is C23H30N2O4. The number of pyridine rings is 1. The molecule has 0 amide bonds. The number of nitrogens with two attached hydrogens (primary N) is 1. The fraction of sp³-hybridized carbons (Fsp3) is 0.261. The Kier molecular flexibility index (Phi) is 10.1. The number of benzene rings is 2. The summed E-state index contributed by atoms with van der Waals surface area (Å²) in [6.45, 7) is 3.33. The summed E-state index contributed by atoms with van der Waals surface area (Å²) >= 11 is 0. The highest BCUT2D eigenvalue weighted by atomic mass is 16.4. The van der Waals surface area contributed by atoms with E-state index in [1.54, 1.807) is 44.3 Å². The number of fused-ring (bicyclic) bond motifs is 1. The Bertz CT molecular complexity index is 939. The second-order valence-electron chi connectivity index (χ2n) is 6.24. The van der Waals surface area contributed by atoms with E-state index >= 15 is 0 Å². The molecule has 2 aromatic carbocycles. The highest BCUT2D eigenvalue weighted by molar-refractivity contribution is 5.82. The Labute approximate surface area is 172 Å². The maximum absolute atomic E-state index is 10.8. The first-order chi connectivity index (χ1) is 12.8. The minimum absolute atomic E-state index is 0. The third-order valence-corrected chi connectivity index (χ3v) is 4.30. The van der Waals surface area contributed by atoms with Crippen molar-refractivity contribution in [2.24, 2.45) is 0 Å². The lowest BCUT2D eigenvalue weighted by molar-refractivity contribution is -0.139. The standard InChI is InChI=1S/C12H11NO2.C9H11NO2.2CH4/c1-8(12(14)15)9-4-5-11-10(7-9)3-2-6-13-11;1-6(9(11)12)7-2-4-8(10)5-3-7;;/h2-8H,1H3,(H,14,15);2-6H,10H2,1H3,(H,11,12);2*1H4. The number of nitrogens with zero attached hydrogens (tertiary/aromatic N) is 1. The monoisotopic (exact) mass is 398 g/mol. The largest absolute Gasteiger partial charge is 0.481 e. The van der Waals surface area contributed by atoms with Gasteiger partial charge < -0.3 is 15.9 Å². The van der Waals surface area contributed by atoms with Gasteiger partial charge in [0.2, 0.25) is 0 Å². The summed E-state index contributed by atoms with van der Waals surface area (Å²) in [5.74, 6) is -2.57. The zero-order valence-electron chi connectivity index (χ0n) is 15.2. The van der Waals surface area contributed by atoms with Crippen molar-refractivity contribution in [1.29, 1.82) is 0 Å². The van der Waals surface area contributed by atoms with Gasteiger partial charge in [-0.05, 0) is 55.3 Å². The van der Waals surface area contributed by atoms with E-state index in [1.807, 2.05) is 30.3 Å². The molecule has 3 aromatic rings. The van der Waals surface area contributed by atoms with Gasteiger partial charge >= 0.3 is 11.9 Å². The molecule has 0 aliphatic heterocycles. The Morgan fingerprint density at radius 2 is 1.38 bits per heavy atom. The van der Waals surface area contributed by atoms with E-state index in [1.165, 1.54) is 0 Å². The average molecular weight is 399 g/mol.